The number of hydroxylamine groups is 2. The van der Waals surface area contributed by atoms with Gasteiger partial charge in [-0.2, -0.15) is 5.06 Å². The lowest BCUT2D eigenvalue weighted by molar-refractivity contribution is -0.199. The van der Waals surface area contributed by atoms with E-state index in [4.69, 9.17) is 15.4 Å². The Bertz CT molecular complexity index is 98.2. The van der Waals surface area contributed by atoms with Crippen LogP contribution in [0, 0.1) is 0 Å². The molecule has 9 heavy (non-hydrogen) atoms. The van der Waals surface area contributed by atoms with E-state index < -0.39 is 6.23 Å². The Kier molecular flexibility index (Phi) is 2.02. The van der Waals surface area contributed by atoms with Gasteiger partial charge in [-0.15, -0.1) is 0 Å². The first kappa shape index (κ1) is 6.95. The third kappa shape index (κ3) is 1.21. The Hall–Kier alpha value is -0.160. The van der Waals surface area contributed by atoms with Crippen LogP contribution in [0.15, 0.2) is 0 Å². The number of nitrogens with zero attached hydrogens (tertiary/aromatic N) is 1. The van der Waals surface area contributed by atoms with Crippen molar-refractivity contribution < 1.29 is 15.4 Å². The van der Waals surface area contributed by atoms with E-state index >= 15 is 0 Å². The molecule has 3 N–H and O–H groups in total. The zero-order valence-electron chi connectivity index (χ0n) is 5.06. The molecule has 54 valence electrons. The SMILES string of the molecule is OCC1CCC(O)N1O. The van der Waals surface area contributed by atoms with Gasteiger partial charge in [0.2, 0.25) is 0 Å². The molecule has 0 saturated carbocycles. The van der Waals surface area contributed by atoms with Crippen LogP contribution in [-0.4, -0.2) is 39.4 Å². The van der Waals surface area contributed by atoms with E-state index in [1.807, 2.05) is 0 Å². The summed E-state index contributed by atoms with van der Waals surface area (Å²) < 4.78 is 0. The summed E-state index contributed by atoms with van der Waals surface area (Å²) in [6, 6.07) is -0.264. The minimum Gasteiger partial charge on any atom is -0.395 e. The zero-order chi connectivity index (χ0) is 6.85. The average Bonchev–Trinajstić information content (AvgIpc) is 2.15. The van der Waals surface area contributed by atoms with Crippen LogP contribution >= 0.6 is 0 Å². The van der Waals surface area contributed by atoms with Crippen LogP contribution in [0.2, 0.25) is 0 Å². The van der Waals surface area contributed by atoms with Gasteiger partial charge >= 0.3 is 0 Å². The number of aliphatic hydroxyl groups excluding tert-OH is 2. The molecule has 0 aromatic carbocycles. The highest BCUT2D eigenvalue weighted by molar-refractivity contribution is 4.74. The van der Waals surface area contributed by atoms with Crippen LogP contribution in [0.1, 0.15) is 12.8 Å². The Labute approximate surface area is 53.3 Å². The molecule has 1 aliphatic rings. The first-order chi connectivity index (χ1) is 4.25. The van der Waals surface area contributed by atoms with Gasteiger partial charge in [0.05, 0.1) is 12.6 Å². The van der Waals surface area contributed by atoms with Crippen LogP contribution in [0.3, 0.4) is 0 Å². The zero-order valence-corrected chi connectivity index (χ0v) is 5.06. The molecule has 0 aromatic heterocycles. The number of rotatable bonds is 1. The normalized spacial score (nSPS) is 37.7. The fourth-order valence-corrected chi connectivity index (χ4v) is 1.02. The largest absolute Gasteiger partial charge is 0.395 e. The lowest BCUT2D eigenvalue weighted by Crippen LogP contribution is -2.34. The quantitative estimate of drug-likeness (QED) is 0.436. The predicted molar refractivity (Wildman–Crippen MR) is 29.7 cm³/mol. The Balaban J connectivity index is 2.41. The van der Waals surface area contributed by atoms with Crippen LogP contribution in [0.5, 0.6) is 0 Å². The highest BCUT2D eigenvalue weighted by Crippen LogP contribution is 2.18. The molecule has 1 fully saturated rings. The maximum absolute atomic E-state index is 8.88. The van der Waals surface area contributed by atoms with Crippen molar-refractivity contribution in [1.82, 2.24) is 5.06 Å². The first-order valence-corrected chi connectivity index (χ1v) is 3.02. The average molecular weight is 133 g/mol. The number of hydrogen-bond donors (Lipinski definition) is 3. The Morgan fingerprint density at radius 2 is 2.11 bits per heavy atom. The number of aliphatic hydroxyl groups is 2. The van der Waals surface area contributed by atoms with Gasteiger partial charge in [0.15, 0.2) is 0 Å². The van der Waals surface area contributed by atoms with Crippen LogP contribution in [0.4, 0.5) is 0 Å². The lowest BCUT2D eigenvalue weighted by Gasteiger charge is -2.17. The second kappa shape index (κ2) is 2.62. The number of hydrogen-bond acceptors (Lipinski definition) is 4. The maximum Gasteiger partial charge on any atom is 0.130 e. The second-order valence-electron chi connectivity index (χ2n) is 2.27. The molecule has 1 rings (SSSR count). The molecule has 2 unspecified atom stereocenters. The van der Waals surface area contributed by atoms with E-state index in [-0.39, 0.29) is 12.6 Å². The van der Waals surface area contributed by atoms with Crippen molar-refractivity contribution in [3.8, 4) is 0 Å². The highest BCUT2D eigenvalue weighted by Gasteiger charge is 2.29. The van der Waals surface area contributed by atoms with Gasteiger partial charge in [-0.25, -0.2) is 0 Å². The van der Waals surface area contributed by atoms with E-state index in [0.29, 0.717) is 12.8 Å². The van der Waals surface area contributed by atoms with Gasteiger partial charge < -0.3 is 15.4 Å². The minimum absolute atomic E-state index is 0.0897. The van der Waals surface area contributed by atoms with E-state index in [9.17, 15) is 0 Å². The van der Waals surface area contributed by atoms with Crippen LogP contribution < -0.4 is 0 Å². The van der Waals surface area contributed by atoms with Gasteiger partial charge in [-0.1, -0.05) is 0 Å². The van der Waals surface area contributed by atoms with Crippen LogP contribution in [0.25, 0.3) is 0 Å². The molecular weight excluding hydrogens is 122 g/mol. The minimum atomic E-state index is -0.776. The Morgan fingerprint density at radius 1 is 1.44 bits per heavy atom. The summed E-state index contributed by atoms with van der Waals surface area (Å²) >= 11 is 0. The molecule has 0 amide bonds. The summed E-state index contributed by atoms with van der Waals surface area (Å²) in [6.07, 6.45) is 0.428. The fraction of sp³-hybridized carbons (Fsp3) is 1.00. The summed E-state index contributed by atoms with van der Waals surface area (Å²) in [4.78, 5) is 0. The highest BCUT2D eigenvalue weighted by atomic mass is 16.5. The van der Waals surface area contributed by atoms with Gasteiger partial charge in [0, 0.05) is 0 Å². The topological polar surface area (TPSA) is 63.9 Å². The summed E-state index contributed by atoms with van der Waals surface area (Å²) in [5.74, 6) is 0. The first-order valence-electron chi connectivity index (χ1n) is 3.02. The molecule has 4 nitrogen and oxygen atoms in total. The molecule has 0 aliphatic carbocycles. The molecule has 0 bridgehead atoms. The van der Waals surface area contributed by atoms with E-state index in [1.54, 1.807) is 0 Å². The van der Waals surface area contributed by atoms with Crippen molar-refractivity contribution in [3.63, 3.8) is 0 Å². The fourth-order valence-electron chi connectivity index (χ4n) is 1.02. The summed E-state index contributed by atoms with van der Waals surface area (Å²) in [6.45, 7) is -0.0897. The van der Waals surface area contributed by atoms with Crippen molar-refractivity contribution in [2.45, 2.75) is 25.1 Å². The molecule has 4 heteroatoms. The molecule has 0 radical (unpaired) electrons. The van der Waals surface area contributed by atoms with Crippen LogP contribution in [-0.2, 0) is 0 Å². The van der Waals surface area contributed by atoms with Crippen molar-refractivity contribution in [1.29, 1.82) is 0 Å². The van der Waals surface area contributed by atoms with Crippen molar-refractivity contribution >= 4 is 0 Å². The van der Waals surface area contributed by atoms with Crippen molar-refractivity contribution in [3.05, 3.63) is 0 Å². The summed E-state index contributed by atoms with van der Waals surface area (Å²) in [5.41, 5.74) is 0. The molecule has 2 atom stereocenters. The second-order valence-corrected chi connectivity index (χ2v) is 2.27. The monoisotopic (exact) mass is 133 g/mol. The molecule has 1 aliphatic heterocycles. The van der Waals surface area contributed by atoms with Gasteiger partial charge in [-0.3, -0.25) is 0 Å². The molecule has 0 spiro atoms. The van der Waals surface area contributed by atoms with Gasteiger partial charge in [0.1, 0.15) is 6.23 Å². The molecular formula is C5H11NO3. The predicted octanol–water partition coefficient (Wildman–Crippen LogP) is -0.849. The van der Waals surface area contributed by atoms with Gasteiger partial charge in [-0.05, 0) is 12.8 Å². The Morgan fingerprint density at radius 3 is 2.33 bits per heavy atom. The lowest BCUT2D eigenvalue weighted by atomic mass is 10.2. The third-order valence-electron chi connectivity index (χ3n) is 1.65. The van der Waals surface area contributed by atoms with E-state index in [2.05, 4.69) is 0 Å². The summed E-state index contributed by atoms with van der Waals surface area (Å²) in [5, 5.41) is 27.1. The maximum atomic E-state index is 8.88. The van der Waals surface area contributed by atoms with E-state index in [1.165, 1.54) is 0 Å². The van der Waals surface area contributed by atoms with Crippen molar-refractivity contribution in [2.75, 3.05) is 6.61 Å². The molecule has 1 heterocycles. The third-order valence-corrected chi connectivity index (χ3v) is 1.65. The molecule has 1 saturated heterocycles. The molecule has 0 aromatic rings. The van der Waals surface area contributed by atoms with Gasteiger partial charge in [0.25, 0.3) is 0 Å². The standard InChI is InChI=1S/C5H11NO3/c7-3-4-1-2-5(8)6(4)9/h4-5,7-9H,1-3H2. The summed E-state index contributed by atoms with van der Waals surface area (Å²) in [7, 11) is 0. The van der Waals surface area contributed by atoms with E-state index in [0.717, 1.165) is 5.06 Å². The smallest absolute Gasteiger partial charge is 0.130 e. The van der Waals surface area contributed by atoms with Crippen molar-refractivity contribution in [2.24, 2.45) is 0 Å².